The molecule has 0 spiro atoms. The summed E-state index contributed by atoms with van der Waals surface area (Å²) in [5.74, 6) is -0.687. The molecule has 2 atom stereocenters. The van der Waals surface area contributed by atoms with Gasteiger partial charge in [0.1, 0.15) is 5.82 Å². The number of carbonyl (C=O) groups is 1. The number of fused-ring (bicyclic) bond motifs is 3. The second kappa shape index (κ2) is 8.54. The smallest absolute Gasteiger partial charge is 0.257 e. The van der Waals surface area contributed by atoms with E-state index in [2.05, 4.69) is 36.2 Å². The van der Waals surface area contributed by atoms with Crippen molar-refractivity contribution in [1.82, 2.24) is 9.80 Å². The summed E-state index contributed by atoms with van der Waals surface area (Å²) in [5.41, 5.74) is 2.29. The fourth-order valence-electron chi connectivity index (χ4n) is 4.99. The van der Waals surface area contributed by atoms with Gasteiger partial charge in [-0.25, -0.2) is 4.39 Å². The lowest BCUT2D eigenvalue weighted by atomic mass is 10.1. The highest BCUT2D eigenvalue weighted by Gasteiger charge is 2.37. The molecule has 2 bridgehead atoms. The predicted octanol–water partition coefficient (Wildman–Crippen LogP) is 4.53. The quantitative estimate of drug-likeness (QED) is 0.812. The van der Waals surface area contributed by atoms with Crippen molar-refractivity contribution in [2.75, 3.05) is 18.4 Å². The van der Waals surface area contributed by atoms with Crippen molar-refractivity contribution in [3.05, 3.63) is 65.5 Å². The van der Waals surface area contributed by atoms with Gasteiger partial charge in [-0.15, -0.1) is 0 Å². The maximum atomic E-state index is 14.4. The number of benzene rings is 2. The number of amides is 1. The fraction of sp³-hybridized carbons (Fsp3) is 0.458. The molecule has 29 heavy (non-hydrogen) atoms. The molecule has 2 aliphatic heterocycles. The molecule has 0 saturated carbocycles. The Morgan fingerprint density at radius 3 is 2.55 bits per heavy atom. The first kappa shape index (κ1) is 19.9. The lowest BCUT2D eigenvalue weighted by Crippen LogP contribution is -2.48. The third-order valence-corrected chi connectivity index (χ3v) is 6.27. The molecule has 2 aliphatic rings. The molecular formula is C24H30FN3O. The average molecular weight is 396 g/mol. The van der Waals surface area contributed by atoms with Crippen LogP contribution >= 0.6 is 0 Å². The first-order valence-electron chi connectivity index (χ1n) is 10.7. The van der Waals surface area contributed by atoms with E-state index in [0.717, 1.165) is 37.1 Å². The normalized spacial score (nSPS) is 22.7. The van der Waals surface area contributed by atoms with Crippen molar-refractivity contribution in [3.63, 3.8) is 0 Å². The number of anilines is 1. The highest BCUT2D eigenvalue weighted by atomic mass is 19.1. The summed E-state index contributed by atoms with van der Waals surface area (Å²) in [6.45, 7) is 6.48. The number of hydrogen-bond donors (Lipinski definition) is 1. The van der Waals surface area contributed by atoms with Gasteiger partial charge in [-0.05, 0) is 56.9 Å². The van der Waals surface area contributed by atoms with Crippen LogP contribution in [-0.4, -0.2) is 46.9 Å². The first-order chi connectivity index (χ1) is 14.0. The number of para-hydroxylation sites is 1. The van der Waals surface area contributed by atoms with Gasteiger partial charge in [0, 0.05) is 43.4 Å². The molecule has 2 aromatic carbocycles. The third-order valence-electron chi connectivity index (χ3n) is 6.27. The molecule has 1 saturated heterocycles. The number of hydrogen-bond acceptors (Lipinski definition) is 3. The van der Waals surface area contributed by atoms with Gasteiger partial charge >= 0.3 is 0 Å². The summed E-state index contributed by atoms with van der Waals surface area (Å²) in [5, 5.41) is 3.57. The zero-order valence-electron chi connectivity index (χ0n) is 17.3. The summed E-state index contributed by atoms with van der Waals surface area (Å²) in [6.07, 6.45) is 3.31. The van der Waals surface area contributed by atoms with Crippen molar-refractivity contribution < 1.29 is 9.18 Å². The number of rotatable bonds is 2. The molecule has 1 fully saturated rings. The summed E-state index contributed by atoms with van der Waals surface area (Å²) < 4.78 is 14.4. The van der Waals surface area contributed by atoms with Crippen molar-refractivity contribution >= 4 is 11.6 Å². The molecule has 154 valence electrons. The summed E-state index contributed by atoms with van der Waals surface area (Å²) in [4.78, 5) is 17.8. The molecule has 2 aromatic rings. The molecule has 0 unspecified atom stereocenters. The minimum atomic E-state index is -0.455. The second-order valence-corrected chi connectivity index (χ2v) is 8.46. The molecule has 1 amide bonds. The highest BCUT2D eigenvalue weighted by molar-refractivity contribution is 5.94. The second-order valence-electron chi connectivity index (χ2n) is 8.46. The molecule has 0 aromatic heterocycles. The number of halogens is 1. The Morgan fingerprint density at radius 2 is 1.76 bits per heavy atom. The third kappa shape index (κ3) is 4.15. The van der Waals surface area contributed by atoms with Crippen LogP contribution in [0, 0.1) is 5.82 Å². The largest absolute Gasteiger partial charge is 0.385 e. The van der Waals surface area contributed by atoms with E-state index in [1.807, 2.05) is 17.0 Å². The van der Waals surface area contributed by atoms with E-state index in [1.165, 1.54) is 6.07 Å². The SMILES string of the molecule is CC(C)N1[C@H]2CCNc3ccccc3CN(C(=O)c3ccccc3F)C[C@@H]1CC2. The highest BCUT2D eigenvalue weighted by Crippen LogP contribution is 2.31. The van der Waals surface area contributed by atoms with Gasteiger partial charge in [0.2, 0.25) is 0 Å². The molecule has 0 aliphatic carbocycles. The summed E-state index contributed by atoms with van der Waals surface area (Å²) in [6, 6.07) is 15.7. The Morgan fingerprint density at radius 1 is 1.03 bits per heavy atom. The molecule has 1 N–H and O–H groups in total. The fourth-order valence-corrected chi connectivity index (χ4v) is 4.99. The van der Waals surface area contributed by atoms with Crippen LogP contribution in [0.15, 0.2) is 48.5 Å². The van der Waals surface area contributed by atoms with Gasteiger partial charge in [-0.1, -0.05) is 30.3 Å². The van der Waals surface area contributed by atoms with Crippen LogP contribution in [0.3, 0.4) is 0 Å². The average Bonchev–Trinajstić information content (AvgIpc) is 3.09. The lowest BCUT2D eigenvalue weighted by Gasteiger charge is -2.36. The van der Waals surface area contributed by atoms with Gasteiger partial charge < -0.3 is 10.2 Å². The molecule has 0 radical (unpaired) electrons. The zero-order valence-corrected chi connectivity index (χ0v) is 17.3. The van der Waals surface area contributed by atoms with Crippen LogP contribution < -0.4 is 5.32 Å². The van der Waals surface area contributed by atoms with E-state index >= 15 is 0 Å². The van der Waals surface area contributed by atoms with E-state index in [0.29, 0.717) is 31.2 Å². The Labute approximate surface area is 172 Å². The maximum absolute atomic E-state index is 14.4. The van der Waals surface area contributed by atoms with Crippen LogP contribution in [0.2, 0.25) is 0 Å². The molecule has 4 nitrogen and oxygen atoms in total. The van der Waals surface area contributed by atoms with Crippen LogP contribution in [0.1, 0.15) is 49.0 Å². The zero-order chi connectivity index (χ0) is 20.4. The Balaban J connectivity index is 1.71. The van der Waals surface area contributed by atoms with Gasteiger partial charge in [-0.3, -0.25) is 9.69 Å². The molecule has 4 rings (SSSR count). The minimum absolute atomic E-state index is 0.151. The van der Waals surface area contributed by atoms with E-state index in [4.69, 9.17) is 0 Å². The lowest BCUT2D eigenvalue weighted by molar-refractivity contribution is 0.0629. The van der Waals surface area contributed by atoms with Crippen molar-refractivity contribution in [2.24, 2.45) is 0 Å². The number of nitrogens with one attached hydrogen (secondary N) is 1. The standard InChI is InChI=1S/C24H30FN3O/c1-17(2)28-19-11-12-20(28)16-27(24(29)21-8-4-5-9-22(21)25)15-18-7-3-6-10-23(18)26-14-13-19/h3-10,17,19-20,26H,11-16H2,1-2H3/t19-,20+/m1/s1. The minimum Gasteiger partial charge on any atom is -0.385 e. The van der Waals surface area contributed by atoms with Gasteiger partial charge in [-0.2, -0.15) is 0 Å². The number of nitrogens with zero attached hydrogens (tertiary/aromatic N) is 2. The van der Waals surface area contributed by atoms with Gasteiger partial charge in [0.15, 0.2) is 0 Å². The van der Waals surface area contributed by atoms with Crippen LogP contribution in [0.5, 0.6) is 0 Å². The van der Waals surface area contributed by atoms with Crippen LogP contribution in [0.25, 0.3) is 0 Å². The Hall–Kier alpha value is -2.40. The topological polar surface area (TPSA) is 35.6 Å². The Bertz CT molecular complexity index is 869. The van der Waals surface area contributed by atoms with Gasteiger partial charge in [0.05, 0.1) is 5.56 Å². The number of carbonyl (C=O) groups excluding carboxylic acids is 1. The monoisotopic (exact) mass is 395 g/mol. The van der Waals surface area contributed by atoms with E-state index < -0.39 is 5.82 Å². The van der Waals surface area contributed by atoms with Gasteiger partial charge in [0.25, 0.3) is 5.91 Å². The van der Waals surface area contributed by atoms with E-state index in [9.17, 15) is 9.18 Å². The van der Waals surface area contributed by atoms with Crippen molar-refractivity contribution in [1.29, 1.82) is 0 Å². The molecule has 5 heteroatoms. The van der Waals surface area contributed by atoms with Crippen LogP contribution in [0.4, 0.5) is 10.1 Å². The van der Waals surface area contributed by atoms with Crippen molar-refractivity contribution in [2.45, 2.75) is 57.8 Å². The van der Waals surface area contributed by atoms with Crippen LogP contribution in [-0.2, 0) is 6.54 Å². The predicted molar refractivity (Wildman–Crippen MR) is 114 cm³/mol. The molecular weight excluding hydrogens is 365 g/mol. The maximum Gasteiger partial charge on any atom is 0.257 e. The van der Waals surface area contributed by atoms with Crippen molar-refractivity contribution in [3.8, 4) is 0 Å². The summed E-state index contributed by atoms with van der Waals surface area (Å²) in [7, 11) is 0. The first-order valence-corrected chi connectivity index (χ1v) is 10.7. The Kier molecular flexibility index (Phi) is 5.86. The van der Waals surface area contributed by atoms with E-state index in [1.54, 1.807) is 18.2 Å². The van der Waals surface area contributed by atoms with E-state index in [-0.39, 0.29) is 11.5 Å². The summed E-state index contributed by atoms with van der Waals surface area (Å²) >= 11 is 0. The molecule has 2 heterocycles.